The fourth-order valence-electron chi connectivity index (χ4n) is 2.12. The van der Waals surface area contributed by atoms with E-state index in [9.17, 15) is 0 Å². The molecule has 0 aromatic carbocycles. The molecule has 0 saturated carbocycles. The number of aryl methyl sites for hydroxylation is 3. The highest BCUT2D eigenvalue weighted by Gasteiger charge is 2.23. The zero-order chi connectivity index (χ0) is 13.3. The van der Waals surface area contributed by atoms with Gasteiger partial charge in [0.15, 0.2) is 0 Å². The lowest BCUT2D eigenvalue weighted by Gasteiger charge is -2.17. The van der Waals surface area contributed by atoms with Gasteiger partial charge in [-0.05, 0) is 43.7 Å². The molecule has 4 nitrogen and oxygen atoms in total. The predicted octanol–water partition coefficient (Wildman–Crippen LogP) is 3.05. The monoisotopic (exact) mass is 328 g/mol. The maximum atomic E-state index is 4.51. The smallest absolute Gasteiger partial charge is 0.0900 e. The second-order valence-corrected chi connectivity index (χ2v) is 6.19. The number of aromatic nitrogens is 3. The van der Waals surface area contributed by atoms with Crippen LogP contribution in [0.25, 0.3) is 0 Å². The molecule has 1 atom stereocenters. The molecule has 2 heterocycles. The standard InChI is InChI=1S/C12H17BrN4S/c1-5-17-11(9(13)6-15-17)10(14-4)12-7(2)16-8(3)18-12/h6,10,14H,5H2,1-4H3. The van der Waals surface area contributed by atoms with E-state index < -0.39 is 0 Å². The molecule has 0 aliphatic carbocycles. The third-order valence-electron chi connectivity index (χ3n) is 2.90. The molecule has 0 amide bonds. The summed E-state index contributed by atoms with van der Waals surface area (Å²) in [6, 6.07) is 0.132. The minimum atomic E-state index is 0.132. The summed E-state index contributed by atoms with van der Waals surface area (Å²) in [7, 11) is 1.97. The zero-order valence-electron chi connectivity index (χ0n) is 11.0. The number of thiazole rings is 1. The molecule has 2 aromatic rings. The van der Waals surface area contributed by atoms with Crippen LogP contribution in [-0.4, -0.2) is 21.8 Å². The second-order valence-electron chi connectivity index (χ2n) is 4.10. The van der Waals surface area contributed by atoms with Gasteiger partial charge in [0.05, 0.1) is 38.0 Å². The highest BCUT2D eigenvalue weighted by atomic mass is 79.9. The van der Waals surface area contributed by atoms with Crippen LogP contribution in [0.1, 0.15) is 34.2 Å². The van der Waals surface area contributed by atoms with Crippen molar-refractivity contribution in [1.29, 1.82) is 0 Å². The maximum Gasteiger partial charge on any atom is 0.0900 e. The SMILES string of the molecule is CCn1ncc(Br)c1C(NC)c1sc(C)nc1C. The normalized spacial score (nSPS) is 12.9. The van der Waals surface area contributed by atoms with Crippen molar-refractivity contribution in [2.24, 2.45) is 0 Å². The number of nitrogens with zero attached hydrogens (tertiary/aromatic N) is 3. The molecule has 6 heteroatoms. The molecular weight excluding hydrogens is 312 g/mol. The molecule has 0 aliphatic rings. The number of nitrogens with one attached hydrogen (secondary N) is 1. The fraction of sp³-hybridized carbons (Fsp3) is 0.500. The van der Waals surface area contributed by atoms with E-state index in [4.69, 9.17) is 0 Å². The molecule has 2 aromatic heterocycles. The molecule has 2 rings (SSSR count). The van der Waals surface area contributed by atoms with Crippen LogP contribution in [0, 0.1) is 13.8 Å². The van der Waals surface area contributed by atoms with Gasteiger partial charge in [0.25, 0.3) is 0 Å². The Bertz CT molecular complexity index is 546. The number of hydrogen-bond donors (Lipinski definition) is 1. The first-order valence-electron chi connectivity index (χ1n) is 5.90. The molecular formula is C12H17BrN4S. The van der Waals surface area contributed by atoms with Crippen LogP contribution >= 0.6 is 27.3 Å². The summed E-state index contributed by atoms with van der Waals surface area (Å²) in [4.78, 5) is 5.76. The van der Waals surface area contributed by atoms with Gasteiger partial charge in [0, 0.05) is 6.54 Å². The van der Waals surface area contributed by atoms with E-state index in [0.29, 0.717) is 0 Å². The summed E-state index contributed by atoms with van der Waals surface area (Å²) < 4.78 is 3.05. The van der Waals surface area contributed by atoms with Gasteiger partial charge in [-0.1, -0.05) is 0 Å². The highest BCUT2D eigenvalue weighted by Crippen LogP contribution is 2.33. The van der Waals surface area contributed by atoms with Crippen LogP contribution in [0.4, 0.5) is 0 Å². The van der Waals surface area contributed by atoms with Crippen molar-refractivity contribution >= 4 is 27.3 Å². The summed E-state index contributed by atoms with van der Waals surface area (Å²) in [5.41, 5.74) is 2.25. The fourth-order valence-corrected chi connectivity index (χ4v) is 3.68. The van der Waals surface area contributed by atoms with E-state index in [0.717, 1.165) is 27.4 Å². The average Bonchev–Trinajstić information content (AvgIpc) is 2.85. The van der Waals surface area contributed by atoms with E-state index in [-0.39, 0.29) is 6.04 Å². The minimum Gasteiger partial charge on any atom is -0.307 e. The van der Waals surface area contributed by atoms with Crippen LogP contribution in [0.3, 0.4) is 0 Å². The Hall–Kier alpha value is -0.720. The molecule has 0 aliphatic heterocycles. The number of hydrogen-bond acceptors (Lipinski definition) is 4. The van der Waals surface area contributed by atoms with Gasteiger partial charge in [0.2, 0.25) is 0 Å². The minimum absolute atomic E-state index is 0.132. The van der Waals surface area contributed by atoms with Crippen molar-refractivity contribution in [2.45, 2.75) is 33.4 Å². The lowest BCUT2D eigenvalue weighted by Crippen LogP contribution is -2.21. The summed E-state index contributed by atoms with van der Waals surface area (Å²) in [5, 5.41) is 8.85. The van der Waals surface area contributed by atoms with Crippen LogP contribution < -0.4 is 5.32 Å². The maximum absolute atomic E-state index is 4.51. The zero-order valence-corrected chi connectivity index (χ0v) is 13.4. The predicted molar refractivity (Wildman–Crippen MR) is 78.1 cm³/mol. The first-order valence-corrected chi connectivity index (χ1v) is 7.51. The Kier molecular flexibility index (Phi) is 4.19. The molecule has 98 valence electrons. The third kappa shape index (κ3) is 2.37. The summed E-state index contributed by atoms with van der Waals surface area (Å²) in [6.45, 7) is 7.06. The Labute approximate surface area is 120 Å². The summed E-state index contributed by atoms with van der Waals surface area (Å²) in [5.74, 6) is 0. The van der Waals surface area contributed by atoms with Crippen molar-refractivity contribution < 1.29 is 0 Å². The Morgan fingerprint density at radius 3 is 2.72 bits per heavy atom. The third-order valence-corrected chi connectivity index (χ3v) is 4.65. The molecule has 0 bridgehead atoms. The van der Waals surface area contributed by atoms with Gasteiger partial charge in [-0.3, -0.25) is 4.68 Å². The molecule has 0 radical (unpaired) electrons. The summed E-state index contributed by atoms with van der Waals surface area (Å²) >= 11 is 5.33. The molecule has 1 unspecified atom stereocenters. The first kappa shape index (κ1) is 13.7. The van der Waals surface area contributed by atoms with Crippen LogP contribution in [0.15, 0.2) is 10.7 Å². The van der Waals surface area contributed by atoms with Gasteiger partial charge in [-0.25, -0.2) is 4.98 Å². The quantitative estimate of drug-likeness (QED) is 0.937. The van der Waals surface area contributed by atoms with Crippen molar-refractivity contribution in [3.63, 3.8) is 0 Å². The van der Waals surface area contributed by atoms with E-state index >= 15 is 0 Å². The lowest BCUT2D eigenvalue weighted by atomic mass is 10.1. The van der Waals surface area contributed by atoms with Crippen LogP contribution in [0.2, 0.25) is 0 Å². The first-order chi connectivity index (χ1) is 8.58. The van der Waals surface area contributed by atoms with E-state index in [2.05, 4.69) is 45.2 Å². The van der Waals surface area contributed by atoms with E-state index in [1.165, 1.54) is 4.88 Å². The topological polar surface area (TPSA) is 42.7 Å². The number of rotatable bonds is 4. The van der Waals surface area contributed by atoms with Gasteiger partial charge < -0.3 is 5.32 Å². The molecule has 1 N–H and O–H groups in total. The van der Waals surface area contributed by atoms with E-state index in [1.807, 2.05) is 24.9 Å². The van der Waals surface area contributed by atoms with E-state index in [1.54, 1.807) is 11.3 Å². The van der Waals surface area contributed by atoms with Crippen LogP contribution in [-0.2, 0) is 6.54 Å². The molecule has 0 spiro atoms. The average molecular weight is 329 g/mol. The van der Waals surface area contributed by atoms with Crippen molar-refractivity contribution in [1.82, 2.24) is 20.1 Å². The van der Waals surface area contributed by atoms with Gasteiger partial charge in [0.1, 0.15) is 0 Å². The molecule has 0 saturated heterocycles. The largest absolute Gasteiger partial charge is 0.307 e. The highest BCUT2D eigenvalue weighted by molar-refractivity contribution is 9.10. The van der Waals surface area contributed by atoms with Crippen molar-refractivity contribution in [2.75, 3.05) is 7.05 Å². The molecule has 0 fully saturated rings. The Morgan fingerprint density at radius 2 is 2.22 bits per heavy atom. The van der Waals surface area contributed by atoms with Crippen molar-refractivity contribution in [3.05, 3.63) is 31.9 Å². The summed E-state index contributed by atoms with van der Waals surface area (Å²) in [6.07, 6.45) is 1.85. The molecule has 18 heavy (non-hydrogen) atoms. The van der Waals surface area contributed by atoms with Gasteiger partial charge in [-0.15, -0.1) is 11.3 Å². The Balaban J connectivity index is 2.51. The van der Waals surface area contributed by atoms with Crippen LogP contribution in [0.5, 0.6) is 0 Å². The van der Waals surface area contributed by atoms with Crippen molar-refractivity contribution in [3.8, 4) is 0 Å². The lowest BCUT2D eigenvalue weighted by molar-refractivity contribution is 0.564. The second kappa shape index (κ2) is 5.50. The van der Waals surface area contributed by atoms with Gasteiger partial charge in [-0.2, -0.15) is 5.10 Å². The van der Waals surface area contributed by atoms with Gasteiger partial charge >= 0.3 is 0 Å². The number of halogens is 1. The Morgan fingerprint density at radius 1 is 1.50 bits per heavy atom.